The van der Waals surface area contributed by atoms with Crippen LogP contribution < -0.4 is 4.90 Å². The highest BCUT2D eigenvalue weighted by Crippen LogP contribution is 2.36. The molecular formula is C16H23BrF3N3. The van der Waals surface area contributed by atoms with Crippen LogP contribution >= 0.6 is 15.9 Å². The topological polar surface area (TPSA) is 19.4 Å². The smallest absolute Gasteiger partial charge is 0.370 e. The molecule has 1 saturated heterocycles. The Balaban J connectivity index is 2.14. The monoisotopic (exact) mass is 393 g/mol. The van der Waals surface area contributed by atoms with Crippen molar-refractivity contribution in [3.8, 4) is 0 Å². The number of hydrogen-bond donors (Lipinski definition) is 0. The first-order valence-electron chi connectivity index (χ1n) is 8.04. The van der Waals surface area contributed by atoms with Gasteiger partial charge in [-0.3, -0.25) is 4.90 Å². The summed E-state index contributed by atoms with van der Waals surface area (Å²) in [7, 11) is 0. The van der Waals surface area contributed by atoms with Gasteiger partial charge in [0.2, 0.25) is 0 Å². The average molecular weight is 394 g/mol. The summed E-state index contributed by atoms with van der Waals surface area (Å²) in [5, 5.41) is 0. The van der Waals surface area contributed by atoms with E-state index in [9.17, 15) is 13.2 Å². The number of piperidine rings is 1. The fourth-order valence-corrected chi connectivity index (χ4v) is 3.32. The van der Waals surface area contributed by atoms with Crippen LogP contribution in [0.15, 0.2) is 16.7 Å². The van der Waals surface area contributed by atoms with Crippen molar-refractivity contribution in [2.45, 2.75) is 39.4 Å². The second-order valence-corrected chi connectivity index (χ2v) is 6.68. The molecule has 1 aliphatic rings. The number of hydrogen-bond acceptors (Lipinski definition) is 3. The molecule has 0 bridgehead atoms. The molecule has 0 unspecified atom stereocenters. The van der Waals surface area contributed by atoms with E-state index in [-0.39, 0.29) is 12.8 Å². The Morgan fingerprint density at radius 2 is 1.83 bits per heavy atom. The fourth-order valence-electron chi connectivity index (χ4n) is 2.98. The van der Waals surface area contributed by atoms with E-state index in [1.54, 1.807) is 0 Å². The van der Waals surface area contributed by atoms with Gasteiger partial charge in [-0.05, 0) is 54.0 Å². The lowest BCUT2D eigenvalue weighted by atomic mass is 9.96. The SMILES string of the molecule is CCN(CC)Cc1nc(Br)ccc1N1CCC(C(F)(F)F)CC1. The van der Waals surface area contributed by atoms with Crippen LogP contribution in [0.2, 0.25) is 0 Å². The van der Waals surface area contributed by atoms with E-state index in [2.05, 4.69) is 39.7 Å². The van der Waals surface area contributed by atoms with E-state index in [1.165, 1.54) is 0 Å². The normalized spacial score (nSPS) is 17.1. The highest BCUT2D eigenvalue weighted by molar-refractivity contribution is 9.10. The third kappa shape index (κ3) is 4.83. The largest absolute Gasteiger partial charge is 0.391 e. The summed E-state index contributed by atoms with van der Waals surface area (Å²) in [6.45, 7) is 7.59. The molecular weight excluding hydrogens is 371 g/mol. The fraction of sp³-hybridized carbons (Fsp3) is 0.688. The minimum atomic E-state index is -4.08. The number of nitrogens with zero attached hydrogens (tertiary/aromatic N) is 3. The van der Waals surface area contributed by atoms with Crippen LogP contribution in [0.25, 0.3) is 0 Å². The molecule has 2 heterocycles. The molecule has 1 aromatic rings. The molecule has 1 aliphatic heterocycles. The first-order chi connectivity index (χ1) is 10.8. The third-order valence-corrected chi connectivity index (χ3v) is 4.92. The summed E-state index contributed by atoms with van der Waals surface area (Å²) in [4.78, 5) is 8.86. The average Bonchev–Trinajstić information content (AvgIpc) is 2.52. The number of aromatic nitrogens is 1. The van der Waals surface area contributed by atoms with Crippen molar-refractivity contribution >= 4 is 21.6 Å². The minimum Gasteiger partial charge on any atom is -0.370 e. The van der Waals surface area contributed by atoms with Crippen LogP contribution in [-0.4, -0.2) is 42.2 Å². The van der Waals surface area contributed by atoms with Gasteiger partial charge in [-0.25, -0.2) is 4.98 Å². The van der Waals surface area contributed by atoms with Crippen LogP contribution in [0.4, 0.5) is 18.9 Å². The quantitative estimate of drug-likeness (QED) is 0.688. The van der Waals surface area contributed by atoms with E-state index in [4.69, 9.17) is 0 Å². The number of anilines is 1. The number of pyridine rings is 1. The summed E-state index contributed by atoms with van der Waals surface area (Å²) < 4.78 is 39.2. The van der Waals surface area contributed by atoms with Crippen molar-refractivity contribution in [3.63, 3.8) is 0 Å². The Kier molecular flexibility index (Phi) is 6.31. The molecule has 0 N–H and O–H groups in total. The number of halogens is 4. The first-order valence-corrected chi connectivity index (χ1v) is 8.83. The molecule has 23 heavy (non-hydrogen) atoms. The van der Waals surface area contributed by atoms with Gasteiger partial charge >= 0.3 is 6.18 Å². The summed E-state index contributed by atoms with van der Waals surface area (Å²) >= 11 is 3.39. The highest BCUT2D eigenvalue weighted by Gasteiger charge is 2.41. The third-order valence-electron chi connectivity index (χ3n) is 4.48. The van der Waals surface area contributed by atoms with Gasteiger partial charge in [0.25, 0.3) is 0 Å². The Hall–Kier alpha value is -0.820. The van der Waals surface area contributed by atoms with Crippen molar-refractivity contribution in [3.05, 3.63) is 22.4 Å². The van der Waals surface area contributed by atoms with Gasteiger partial charge in [0.15, 0.2) is 0 Å². The van der Waals surface area contributed by atoms with Gasteiger partial charge in [0, 0.05) is 19.6 Å². The van der Waals surface area contributed by atoms with Gasteiger partial charge in [-0.1, -0.05) is 13.8 Å². The molecule has 1 fully saturated rings. The molecule has 0 aromatic carbocycles. The van der Waals surface area contributed by atoms with Crippen LogP contribution in [0.3, 0.4) is 0 Å². The second-order valence-electron chi connectivity index (χ2n) is 5.86. The molecule has 0 spiro atoms. The molecule has 0 amide bonds. The van der Waals surface area contributed by atoms with Gasteiger partial charge in [-0.2, -0.15) is 13.2 Å². The lowest BCUT2D eigenvalue weighted by Crippen LogP contribution is -2.39. The Morgan fingerprint density at radius 1 is 1.22 bits per heavy atom. The van der Waals surface area contributed by atoms with Crippen LogP contribution in [0.5, 0.6) is 0 Å². The summed E-state index contributed by atoms with van der Waals surface area (Å²) in [5.74, 6) is -1.17. The zero-order chi connectivity index (χ0) is 17.0. The molecule has 2 rings (SSSR count). The lowest BCUT2D eigenvalue weighted by Gasteiger charge is -2.35. The highest BCUT2D eigenvalue weighted by atomic mass is 79.9. The molecule has 0 atom stereocenters. The van der Waals surface area contributed by atoms with Crippen molar-refractivity contribution in [1.29, 1.82) is 0 Å². The van der Waals surface area contributed by atoms with Crippen LogP contribution in [-0.2, 0) is 6.54 Å². The molecule has 0 radical (unpaired) electrons. The van der Waals surface area contributed by atoms with Crippen molar-refractivity contribution in [2.75, 3.05) is 31.1 Å². The molecule has 130 valence electrons. The van der Waals surface area contributed by atoms with E-state index in [0.29, 0.717) is 19.6 Å². The maximum Gasteiger partial charge on any atom is 0.391 e. The van der Waals surface area contributed by atoms with E-state index >= 15 is 0 Å². The van der Waals surface area contributed by atoms with Crippen LogP contribution in [0.1, 0.15) is 32.4 Å². The standard InChI is InChI=1S/C16H23BrF3N3/c1-3-22(4-2)11-13-14(5-6-15(17)21-13)23-9-7-12(8-10-23)16(18,19)20/h5-6,12H,3-4,7-11H2,1-2H3. The van der Waals surface area contributed by atoms with Gasteiger partial charge < -0.3 is 4.90 Å². The van der Waals surface area contributed by atoms with Gasteiger partial charge in [0.05, 0.1) is 17.3 Å². The van der Waals surface area contributed by atoms with Gasteiger partial charge in [-0.15, -0.1) is 0 Å². The summed E-state index contributed by atoms with van der Waals surface area (Å²) in [5.41, 5.74) is 1.88. The predicted molar refractivity (Wildman–Crippen MR) is 89.6 cm³/mol. The predicted octanol–water partition coefficient (Wildman–Crippen LogP) is 4.46. The molecule has 0 saturated carbocycles. The molecule has 3 nitrogen and oxygen atoms in total. The second kappa shape index (κ2) is 7.83. The van der Waals surface area contributed by atoms with Crippen molar-refractivity contribution in [1.82, 2.24) is 9.88 Å². The number of alkyl halides is 3. The zero-order valence-corrected chi connectivity index (χ0v) is 15.1. The zero-order valence-electron chi connectivity index (χ0n) is 13.5. The summed E-state index contributed by atoms with van der Waals surface area (Å²) in [6, 6.07) is 3.82. The number of rotatable bonds is 5. The van der Waals surface area contributed by atoms with Crippen molar-refractivity contribution in [2.24, 2.45) is 5.92 Å². The first kappa shape index (κ1) is 18.5. The Labute approximate surface area is 144 Å². The lowest BCUT2D eigenvalue weighted by molar-refractivity contribution is -0.179. The maximum absolute atomic E-state index is 12.8. The van der Waals surface area contributed by atoms with E-state index in [0.717, 1.165) is 29.1 Å². The summed E-state index contributed by atoms with van der Waals surface area (Å²) in [6.07, 6.45) is -3.76. The maximum atomic E-state index is 12.8. The Morgan fingerprint density at radius 3 is 2.35 bits per heavy atom. The molecule has 0 aliphatic carbocycles. The van der Waals surface area contributed by atoms with Gasteiger partial charge in [0.1, 0.15) is 4.60 Å². The van der Waals surface area contributed by atoms with Crippen LogP contribution in [0, 0.1) is 5.92 Å². The minimum absolute atomic E-state index is 0.157. The van der Waals surface area contributed by atoms with E-state index < -0.39 is 12.1 Å². The molecule has 7 heteroatoms. The molecule has 1 aromatic heterocycles. The Bertz CT molecular complexity index is 510. The van der Waals surface area contributed by atoms with E-state index in [1.807, 2.05) is 17.0 Å². The van der Waals surface area contributed by atoms with Crippen molar-refractivity contribution < 1.29 is 13.2 Å².